The van der Waals surface area contributed by atoms with Crippen LogP contribution in [0, 0.1) is 0 Å². The molecule has 7 heteroatoms. The molecule has 1 unspecified atom stereocenters. The van der Waals surface area contributed by atoms with Gasteiger partial charge in [0.2, 0.25) is 5.91 Å². The van der Waals surface area contributed by atoms with Crippen LogP contribution in [0.2, 0.25) is 0 Å². The van der Waals surface area contributed by atoms with Crippen molar-refractivity contribution < 1.29 is 24.0 Å². The molecule has 2 heterocycles. The first-order valence-electron chi connectivity index (χ1n) is 7.10. The SMILES string of the molecule is C=CC1=C(C(=O)ONC(=O)OC(C)(C)C)N2C(=O)CC2CC1. The molecular formula is C15H20N2O5. The first-order valence-corrected chi connectivity index (χ1v) is 7.10. The van der Waals surface area contributed by atoms with Crippen LogP contribution in [0.15, 0.2) is 23.9 Å². The Morgan fingerprint density at radius 2 is 2.09 bits per heavy atom. The van der Waals surface area contributed by atoms with E-state index in [0.29, 0.717) is 18.4 Å². The van der Waals surface area contributed by atoms with Gasteiger partial charge in [-0.25, -0.2) is 9.59 Å². The molecule has 2 rings (SSSR count). The number of carbonyl (C=O) groups is 3. The Morgan fingerprint density at radius 1 is 1.41 bits per heavy atom. The molecule has 0 radical (unpaired) electrons. The van der Waals surface area contributed by atoms with E-state index >= 15 is 0 Å². The summed E-state index contributed by atoms with van der Waals surface area (Å²) in [6.45, 7) is 8.73. The van der Waals surface area contributed by atoms with E-state index < -0.39 is 17.7 Å². The van der Waals surface area contributed by atoms with Crippen LogP contribution in [0.4, 0.5) is 4.79 Å². The molecule has 0 bridgehead atoms. The number of rotatable bonds is 2. The molecule has 0 aromatic heterocycles. The van der Waals surface area contributed by atoms with Gasteiger partial charge in [-0.05, 0) is 39.2 Å². The monoisotopic (exact) mass is 308 g/mol. The molecule has 0 saturated carbocycles. The first-order chi connectivity index (χ1) is 10.2. The number of ether oxygens (including phenoxy) is 1. The summed E-state index contributed by atoms with van der Waals surface area (Å²) in [5.74, 6) is -0.924. The topological polar surface area (TPSA) is 84.9 Å². The maximum absolute atomic E-state index is 12.2. The van der Waals surface area contributed by atoms with Crippen molar-refractivity contribution in [1.82, 2.24) is 10.4 Å². The van der Waals surface area contributed by atoms with E-state index in [0.717, 1.165) is 6.42 Å². The Labute approximate surface area is 128 Å². The van der Waals surface area contributed by atoms with Crippen molar-refractivity contribution >= 4 is 18.0 Å². The minimum atomic E-state index is -0.871. The van der Waals surface area contributed by atoms with Gasteiger partial charge in [-0.3, -0.25) is 4.79 Å². The largest absolute Gasteiger partial charge is 0.442 e. The second-order valence-corrected chi connectivity index (χ2v) is 6.23. The number of fused-ring (bicyclic) bond motifs is 1. The number of hydrogen-bond acceptors (Lipinski definition) is 5. The lowest BCUT2D eigenvalue weighted by atomic mass is 9.87. The molecule has 2 aliphatic rings. The van der Waals surface area contributed by atoms with Crippen LogP contribution >= 0.6 is 0 Å². The standard InChI is InChI=1S/C15H20N2O5/c1-5-9-6-7-10-8-11(18)17(10)12(9)13(19)22-16-14(20)21-15(2,3)4/h5,10H,1,6-8H2,2-4H3,(H,16,20). The number of allylic oxidation sites excluding steroid dienone is 2. The summed E-state index contributed by atoms with van der Waals surface area (Å²) in [6.07, 6.45) is 2.54. The molecule has 1 fully saturated rings. The molecule has 2 amide bonds. The number of nitrogens with one attached hydrogen (secondary N) is 1. The van der Waals surface area contributed by atoms with Crippen LogP contribution < -0.4 is 5.48 Å². The Hall–Kier alpha value is -2.31. The zero-order chi connectivity index (χ0) is 16.5. The van der Waals surface area contributed by atoms with Crippen molar-refractivity contribution in [2.75, 3.05) is 0 Å². The van der Waals surface area contributed by atoms with Crippen molar-refractivity contribution in [3.63, 3.8) is 0 Å². The molecule has 22 heavy (non-hydrogen) atoms. The number of carbonyl (C=O) groups excluding carboxylic acids is 3. The van der Waals surface area contributed by atoms with Crippen LogP contribution in [0.5, 0.6) is 0 Å². The molecule has 0 aliphatic carbocycles. The molecule has 1 atom stereocenters. The van der Waals surface area contributed by atoms with E-state index in [2.05, 4.69) is 6.58 Å². The van der Waals surface area contributed by atoms with Gasteiger partial charge in [-0.1, -0.05) is 12.7 Å². The highest BCUT2D eigenvalue weighted by Gasteiger charge is 2.44. The van der Waals surface area contributed by atoms with E-state index in [9.17, 15) is 14.4 Å². The fraction of sp³-hybridized carbons (Fsp3) is 0.533. The van der Waals surface area contributed by atoms with Gasteiger partial charge in [0.1, 0.15) is 11.3 Å². The van der Waals surface area contributed by atoms with E-state index in [1.54, 1.807) is 20.8 Å². The first kappa shape index (κ1) is 16.1. The molecular weight excluding hydrogens is 288 g/mol. The fourth-order valence-corrected chi connectivity index (χ4v) is 2.48. The predicted octanol–water partition coefficient (Wildman–Crippen LogP) is 1.80. The average Bonchev–Trinajstić information content (AvgIpc) is 2.40. The minimum Gasteiger partial charge on any atom is -0.442 e. The second-order valence-electron chi connectivity index (χ2n) is 6.23. The molecule has 0 aromatic carbocycles. The maximum atomic E-state index is 12.2. The Bertz CT molecular complexity index is 559. The molecule has 1 N–H and O–H groups in total. The Kier molecular flexibility index (Phi) is 4.25. The lowest BCUT2D eigenvalue weighted by Crippen LogP contribution is -2.55. The van der Waals surface area contributed by atoms with E-state index in [1.165, 1.54) is 11.0 Å². The van der Waals surface area contributed by atoms with Crippen LogP contribution in [0.25, 0.3) is 0 Å². The summed E-state index contributed by atoms with van der Waals surface area (Å²) in [5, 5.41) is 0. The fourth-order valence-electron chi connectivity index (χ4n) is 2.48. The minimum absolute atomic E-state index is 0.0280. The highest BCUT2D eigenvalue weighted by atomic mass is 16.7. The van der Waals surface area contributed by atoms with Crippen LogP contribution in [0.3, 0.4) is 0 Å². The molecule has 0 spiro atoms. The molecule has 1 saturated heterocycles. The normalized spacial score (nSPS) is 20.8. The van der Waals surface area contributed by atoms with Gasteiger partial charge in [-0.15, -0.1) is 5.48 Å². The van der Waals surface area contributed by atoms with Gasteiger partial charge in [0, 0.05) is 12.5 Å². The number of hydrogen-bond donors (Lipinski definition) is 1. The lowest BCUT2D eigenvalue weighted by molar-refractivity contribution is -0.156. The van der Waals surface area contributed by atoms with E-state index in [1.807, 2.05) is 5.48 Å². The smallest absolute Gasteiger partial charge is 0.441 e. The summed E-state index contributed by atoms with van der Waals surface area (Å²) < 4.78 is 4.97. The predicted molar refractivity (Wildman–Crippen MR) is 77.2 cm³/mol. The van der Waals surface area contributed by atoms with Crippen LogP contribution in [-0.2, 0) is 19.2 Å². The second kappa shape index (κ2) is 5.82. The van der Waals surface area contributed by atoms with Crippen LogP contribution in [0.1, 0.15) is 40.0 Å². The average molecular weight is 308 g/mol. The third-order valence-electron chi connectivity index (χ3n) is 3.40. The summed E-state index contributed by atoms with van der Waals surface area (Å²) in [6, 6.07) is 0.0280. The molecule has 0 aromatic rings. The van der Waals surface area contributed by atoms with Crippen molar-refractivity contribution in [2.45, 2.75) is 51.7 Å². The van der Waals surface area contributed by atoms with Crippen molar-refractivity contribution in [3.05, 3.63) is 23.9 Å². The molecule has 7 nitrogen and oxygen atoms in total. The van der Waals surface area contributed by atoms with Crippen molar-refractivity contribution in [1.29, 1.82) is 0 Å². The van der Waals surface area contributed by atoms with E-state index in [4.69, 9.17) is 9.57 Å². The summed E-state index contributed by atoms with van der Waals surface area (Å²) in [7, 11) is 0. The summed E-state index contributed by atoms with van der Waals surface area (Å²) >= 11 is 0. The summed E-state index contributed by atoms with van der Waals surface area (Å²) in [4.78, 5) is 41.6. The van der Waals surface area contributed by atoms with Gasteiger partial charge >= 0.3 is 12.1 Å². The highest BCUT2D eigenvalue weighted by molar-refractivity contribution is 5.98. The third kappa shape index (κ3) is 3.29. The zero-order valence-corrected chi connectivity index (χ0v) is 13.0. The summed E-state index contributed by atoms with van der Waals surface area (Å²) in [5.41, 5.74) is 2.03. The number of amides is 2. The van der Waals surface area contributed by atoms with Crippen molar-refractivity contribution in [2.24, 2.45) is 0 Å². The Morgan fingerprint density at radius 3 is 2.64 bits per heavy atom. The maximum Gasteiger partial charge on any atom is 0.441 e. The molecule has 120 valence electrons. The number of hydroxylamine groups is 1. The number of β-lactam (4-membered cyclic amide) rings is 1. The van der Waals surface area contributed by atoms with Crippen molar-refractivity contribution in [3.8, 4) is 0 Å². The molecule has 2 aliphatic heterocycles. The van der Waals surface area contributed by atoms with Gasteiger partial charge < -0.3 is 14.5 Å². The third-order valence-corrected chi connectivity index (χ3v) is 3.40. The van der Waals surface area contributed by atoms with Gasteiger partial charge in [0.05, 0.1) is 0 Å². The zero-order valence-electron chi connectivity index (χ0n) is 13.0. The van der Waals surface area contributed by atoms with Gasteiger partial charge in [0.15, 0.2) is 0 Å². The quantitative estimate of drug-likeness (QED) is 0.621. The van der Waals surface area contributed by atoms with E-state index in [-0.39, 0.29) is 17.6 Å². The lowest BCUT2D eigenvalue weighted by Gasteiger charge is -2.44. The van der Waals surface area contributed by atoms with Gasteiger partial charge in [-0.2, -0.15) is 0 Å². The van der Waals surface area contributed by atoms with Crippen LogP contribution in [-0.4, -0.2) is 34.5 Å². The number of nitrogens with zero attached hydrogens (tertiary/aromatic N) is 1. The van der Waals surface area contributed by atoms with Gasteiger partial charge in [0.25, 0.3) is 0 Å². The Balaban J connectivity index is 2.04. The highest BCUT2D eigenvalue weighted by Crippen LogP contribution is 2.36.